The lowest BCUT2D eigenvalue weighted by Crippen LogP contribution is -2.49. The quantitative estimate of drug-likeness (QED) is 0.726. The van der Waals surface area contributed by atoms with E-state index in [1.54, 1.807) is 12.4 Å². The van der Waals surface area contributed by atoms with E-state index in [-0.39, 0.29) is 5.03 Å². The molecule has 0 radical (unpaired) electrons. The Balaban J connectivity index is 1.44. The van der Waals surface area contributed by atoms with Crippen LogP contribution in [0, 0.1) is 6.92 Å². The molecule has 2 aromatic rings. The smallest absolute Gasteiger partial charge is 0.262 e. The minimum Gasteiger partial charge on any atom is -0.354 e. The van der Waals surface area contributed by atoms with Crippen LogP contribution in [0.25, 0.3) is 0 Å². The largest absolute Gasteiger partial charge is 0.354 e. The summed E-state index contributed by atoms with van der Waals surface area (Å²) in [5.74, 6) is 2.36. The molecule has 0 N–H and O–H groups in total. The van der Waals surface area contributed by atoms with Crippen molar-refractivity contribution in [3.63, 3.8) is 0 Å². The number of rotatable bonds is 5. The van der Waals surface area contributed by atoms with Gasteiger partial charge in [-0.3, -0.25) is 0 Å². The van der Waals surface area contributed by atoms with Crippen LogP contribution in [-0.2, 0) is 16.6 Å². The fourth-order valence-corrected chi connectivity index (χ4v) is 5.39. The topological polar surface area (TPSA) is 87.5 Å². The molecule has 2 aliphatic heterocycles. The van der Waals surface area contributed by atoms with Gasteiger partial charge in [0.1, 0.15) is 11.6 Å². The van der Waals surface area contributed by atoms with Gasteiger partial charge in [-0.05, 0) is 39.2 Å². The molecule has 158 valence electrons. The van der Waals surface area contributed by atoms with Crippen molar-refractivity contribution in [2.45, 2.75) is 44.7 Å². The zero-order valence-electron chi connectivity index (χ0n) is 17.2. The first-order chi connectivity index (χ1) is 14.0. The van der Waals surface area contributed by atoms with Gasteiger partial charge in [0.15, 0.2) is 5.03 Å². The second-order valence-electron chi connectivity index (χ2n) is 7.57. The first-order valence-electron chi connectivity index (χ1n) is 10.4. The molecule has 10 heteroatoms. The molecule has 2 aromatic heterocycles. The third kappa shape index (κ3) is 4.09. The van der Waals surface area contributed by atoms with E-state index in [0.717, 1.165) is 30.7 Å². The lowest BCUT2D eigenvalue weighted by atomic mass is 10.1. The number of anilines is 2. The van der Waals surface area contributed by atoms with Gasteiger partial charge in [-0.25, -0.2) is 18.4 Å². The molecule has 0 atom stereocenters. The van der Waals surface area contributed by atoms with Crippen molar-refractivity contribution < 1.29 is 8.42 Å². The predicted octanol–water partition coefficient (Wildman–Crippen LogP) is 1.50. The number of sulfonamides is 1. The number of hydrogen-bond donors (Lipinski definition) is 0. The third-order valence-corrected chi connectivity index (χ3v) is 7.50. The van der Waals surface area contributed by atoms with Crippen LogP contribution in [0.4, 0.5) is 11.8 Å². The van der Waals surface area contributed by atoms with E-state index in [9.17, 15) is 8.42 Å². The minimum absolute atomic E-state index is 0.139. The standard InChI is InChI=1S/C19H29N7O2S/c1-3-23-15-18(21-16(23)2)29(27,28)26-13-11-24(12-14-26)17-7-8-20-19(22-17)25-9-5-4-6-10-25/h7-8,15H,3-6,9-14H2,1-2H3. The molecule has 0 bridgehead atoms. The van der Waals surface area contributed by atoms with Crippen LogP contribution < -0.4 is 9.80 Å². The summed E-state index contributed by atoms with van der Waals surface area (Å²) in [5, 5.41) is 0.139. The van der Waals surface area contributed by atoms with Gasteiger partial charge in [-0.1, -0.05) is 0 Å². The molecule has 29 heavy (non-hydrogen) atoms. The number of imidazole rings is 1. The van der Waals surface area contributed by atoms with E-state index in [4.69, 9.17) is 4.98 Å². The molecule has 2 fully saturated rings. The minimum atomic E-state index is -3.57. The summed E-state index contributed by atoms with van der Waals surface area (Å²) in [7, 11) is -3.57. The Kier molecular flexibility index (Phi) is 5.73. The Labute approximate surface area is 172 Å². The zero-order chi connectivity index (χ0) is 20.4. The Morgan fingerprint density at radius 1 is 0.966 bits per heavy atom. The molecule has 4 heterocycles. The molecule has 9 nitrogen and oxygen atoms in total. The highest BCUT2D eigenvalue weighted by molar-refractivity contribution is 7.89. The van der Waals surface area contributed by atoms with Gasteiger partial charge in [0.2, 0.25) is 5.95 Å². The Morgan fingerprint density at radius 3 is 2.34 bits per heavy atom. The van der Waals surface area contributed by atoms with E-state index >= 15 is 0 Å². The third-order valence-electron chi connectivity index (χ3n) is 5.73. The van der Waals surface area contributed by atoms with Gasteiger partial charge >= 0.3 is 0 Å². The van der Waals surface area contributed by atoms with E-state index in [2.05, 4.69) is 19.8 Å². The van der Waals surface area contributed by atoms with Gasteiger partial charge in [0.05, 0.1) is 0 Å². The van der Waals surface area contributed by atoms with E-state index in [1.165, 1.54) is 23.6 Å². The summed E-state index contributed by atoms with van der Waals surface area (Å²) < 4.78 is 29.3. The van der Waals surface area contributed by atoms with Crippen molar-refractivity contribution in [2.24, 2.45) is 0 Å². The van der Waals surface area contributed by atoms with Crippen LogP contribution >= 0.6 is 0 Å². The molecule has 0 amide bonds. The van der Waals surface area contributed by atoms with Gasteiger partial charge < -0.3 is 14.4 Å². The van der Waals surface area contributed by atoms with Crippen LogP contribution in [0.3, 0.4) is 0 Å². The Hall–Kier alpha value is -2.20. The monoisotopic (exact) mass is 419 g/mol. The van der Waals surface area contributed by atoms with Crippen molar-refractivity contribution in [1.29, 1.82) is 0 Å². The molecular formula is C19H29N7O2S. The normalized spacial score (nSPS) is 19.0. The molecule has 0 saturated carbocycles. The number of hydrogen-bond acceptors (Lipinski definition) is 7. The maximum Gasteiger partial charge on any atom is 0.262 e. The van der Waals surface area contributed by atoms with Crippen LogP contribution in [-0.4, -0.2) is 71.5 Å². The first kappa shape index (κ1) is 20.1. The van der Waals surface area contributed by atoms with Crippen molar-refractivity contribution in [1.82, 2.24) is 23.8 Å². The fourth-order valence-electron chi connectivity index (χ4n) is 3.98. The molecular weight excluding hydrogens is 390 g/mol. The number of piperazine rings is 1. The molecule has 0 aliphatic carbocycles. The Bertz CT molecular complexity index is 945. The summed E-state index contributed by atoms with van der Waals surface area (Å²) >= 11 is 0. The average Bonchev–Trinajstić information content (AvgIpc) is 3.16. The number of nitrogens with zero attached hydrogens (tertiary/aromatic N) is 7. The average molecular weight is 420 g/mol. The van der Waals surface area contributed by atoms with Crippen LogP contribution in [0.1, 0.15) is 32.0 Å². The second-order valence-corrected chi connectivity index (χ2v) is 9.45. The van der Waals surface area contributed by atoms with Crippen LogP contribution in [0.2, 0.25) is 0 Å². The van der Waals surface area contributed by atoms with Crippen LogP contribution in [0.15, 0.2) is 23.5 Å². The van der Waals surface area contributed by atoms with Crippen molar-refractivity contribution in [2.75, 3.05) is 49.1 Å². The molecule has 2 aliphatic rings. The maximum absolute atomic E-state index is 13.0. The van der Waals surface area contributed by atoms with Gasteiger partial charge in [0, 0.05) is 58.2 Å². The van der Waals surface area contributed by atoms with Crippen molar-refractivity contribution in [3.05, 3.63) is 24.3 Å². The molecule has 0 aromatic carbocycles. The lowest BCUT2D eigenvalue weighted by molar-refractivity contribution is 0.382. The highest BCUT2D eigenvalue weighted by atomic mass is 32.2. The van der Waals surface area contributed by atoms with Gasteiger partial charge in [0.25, 0.3) is 10.0 Å². The van der Waals surface area contributed by atoms with E-state index < -0.39 is 10.0 Å². The SMILES string of the molecule is CCn1cc(S(=O)(=O)N2CCN(c3ccnc(N4CCCCC4)n3)CC2)nc1C. The molecule has 2 saturated heterocycles. The zero-order valence-corrected chi connectivity index (χ0v) is 18.0. The summed E-state index contributed by atoms with van der Waals surface area (Å²) in [6, 6.07) is 1.91. The lowest BCUT2D eigenvalue weighted by Gasteiger charge is -2.34. The van der Waals surface area contributed by atoms with Crippen molar-refractivity contribution >= 4 is 21.8 Å². The molecule has 4 rings (SSSR count). The van der Waals surface area contributed by atoms with E-state index in [1.807, 2.05) is 24.5 Å². The van der Waals surface area contributed by atoms with Gasteiger partial charge in [-0.2, -0.15) is 9.29 Å². The highest BCUT2D eigenvalue weighted by Crippen LogP contribution is 2.22. The van der Waals surface area contributed by atoms with E-state index in [0.29, 0.717) is 32.7 Å². The number of aryl methyl sites for hydroxylation is 2. The maximum atomic E-state index is 13.0. The molecule has 0 unspecified atom stereocenters. The highest BCUT2D eigenvalue weighted by Gasteiger charge is 2.31. The first-order valence-corrected chi connectivity index (χ1v) is 11.8. The second kappa shape index (κ2) is 8.27. The number of piperidine rings is 1. The Morgan fingerprint density at radius 2 is 1.69 bits per heavy atom. The predicted molar refractivity (Wildman–Crippen MR) is 112 cm³/mol. The summed E-state index contributed by atoms with van der Waals surface area (Å²) in [6.45, 7) is 8.55. The summed E-state index contributed by atoms with van der Waals surface area (Å²) in [6.07, 6.45) is 7.05. The van der Waals surface area contributed by atoms with Gasteiger partial charge in [-0.15, -0.1) is 0 Å². The fraction of sp³-hybridized carbons (Fsp3) is 0.632. The summed E-state index contributed by atoms with van der Waals surface area (Å²) in [4.78, 5) is 17.8. The molecule has 0 spiro atoms. The van der Waals surface area contributed by atoms with Crippen LogP contribution in [0.5, 0.6) is 0 Å². The van der Waals surface area contributed by atoms with Crippen molar-refractivity contribution in [3.8, 4) is 0 Å². The summed E-state index contributed by atoms with van der Waals surface area (Å²) in [5.41, 5.74) is 0. The number of aromatic nitrogens is 4.